The molecule has 0 radical (unpaired) electrons. The van der Waals surface area contributed by atoms with Gasteiger partial charge >= 0.3 is 12.0 Å². The quantitative estimate of drug-likeness (QED) is 0.535. The molecule has 0 aromatic carbocycles. The molecule has 5 nitrogen and oxygen atoms in total. The van der Waals surface area contributed by atoms with Crippen molar-refractivity contribution in [2.75, 3.05) is 6.54 Å². The van der Waals surface area contributed by atoms with Gasteiger partial charge in [-0.15, -0.1) is 0 Å². The molecule has 0 fully saturated rings. The lowest BCUT2D eigenvalue weighted by Crippen LogP contribution is -2.43. The Morgan fingerprint density at radius 2 is 1.84 bits per heavy atom. The van der Waals surface area contributed by atoms with Crippen LogP contribution in [-0.2, 0) is 4.79 Å². The molecule has 0 aliphatic rings. The van der Waals surface area contributed by atoms with Crippen molar-refractivity contribution in [3.8, 4) is 0 Å². The van der Waals surface area contributed by atoms with E-state index in [2.05, 4.69) is 24.5 Å². The second kappa shape index (κ2) is 10.6. The van der Waals surface area contributed by atoms with Crippen molar-refractivity contribution < 1.29 is 14.7 Å². The molecule has 1 atom stereocenters. The fourth-order valence-corrected chi connectivity index (χ4v) is 1.90. The molecule has 0 spiro atoms. The number of amides is 2. The minimum absolute atomic E-state index is 0.0192. The Bertz CT molecular complexity index is 267. The maximum absolute atomic E-state index is 11.6. The second-order valence-corrected chi connectivity index (χ2v) is 5.37. The van der Waals surface area contributed by atoms with Crippen LogP contribution in [0.5, 0.6) is 0 Å². The molecule has 0 aromatic heterocycles. The number of carbonyl (C=O) groups excluding carboxylic acids is 1. The highest BCUT2D eigenvalue weighted by Crippen LogP contribution is 2.05. The summed E-state index contributed by atoms with van der Waals surface area (Å²) in [6.45, 7) is 6.98. The van der Waals surface area contributed by atoms with Gasteiger partial charge in [0.05, 0.1) is 6.42 Å². The van der Waals surface area contributed by atoms with Crippen LogP contribution < -0.4 is 10.6 Å². The molecule has 5 heteroatoms. The summed E-state index contributed by atoms with van der Waals surface area (Å²) in [6, 6.07) is -0.539. The number of aliphatic carboxylic acids is 1. The summed E-state index contributed by atoms with van der Waals surface area (Å²) in [5, 5.41) is 14.2. The Labute approximate surface area is 116 Å². The van der Waals surface area contributed by atoms with E-state index in [0.717, 1.165) is 19.3 Å². The Hall–Kier alpha value is -1.26. The number of rotatable bonds is 10. The lowest BCUT2D eigenvalue weighted by molar-refractivity contribution is -0.137. The van der Waals surface area contributed by atoms with Gasteiger partial charge in [0.2, 0.25) is 0 Å². The third-order valence-electron chi connectivity index (χ3n) is 2.89. The first-order valence-electron chi connectivity index (χ1n) is 7.21. The number of urea groups is 1. The van der Waals surface area contributed by atoms with Gasteiger partial charge in [-0.05, 0) is 18.8 Å². The third kappa shape index (κ3) is 11.6. The molecule has 3 N–H and O–H groups in total. The molecule has 0 aromatic rings. The minimum Gasteiger partial charge on any atom is -0.481 e. The normalized spacial score (nSPS) is 12.2. The highest BCUT2D eigenvalue weighted by molar-refractivity contribution is 5.75. The molecule has 1 unspecified atom stereocenters. The van der Waals surface area contributed by atoms with Crippen LogP contribution in [0.3, 0.4) is 0 Å². The molecule has 0 aliphatic heterocycles. The van der Waals surface area contributed by atoms with Crippen molar-refractivity contribution in [3.05, 3.63) is 0 Å². The summed E-state index contributed by atoms with van der Waals surface area (Å²) in [4.78, 5) is 22.2. The first-order chi connectivity index (χ1) is 8.95. The van der Waals surface area contributed by atoms with Crippen molar-refractivity contribution in [2.24, 2.45) is 5.92 Å². The largest absolute Gasteiger partial charge is 0.481 e. The van der Waals surface area contributed by atoms with E-state index in [-0.39, 0.29) is 18.5 Å². The molecule has 0 saturated heterocycles. The number of carbonyl (C=O) groups is 2. The Morgan fingerprint density at radius 3 is 2.37 bits per heavy atom. The molecular weight excluding hydrogens is 244 g/mol. The van der Waals surface area contributed by atoms with Crippen molar-refractivity contribution in [2.45, 2.75) is 65.3 Å². The van der Waals surface area contributed by atoms with Gasteiger partial charge in [0.15, 0.2) is 0 Å². The van der Waals surface area contributed by atoms with E-state index in [9.17, 15) is 9.59 Å². The first kappa shape index (κ1) is 17.7. The molecular formula is C14H28N2O3. The van der Waals surface area contributed by atoms with Gasteiger partial charge < -0.3 is 15.7 Å². The van der Waals surface area contributed by atoms with Crippen LogP contribution in [-0.4, -0.2) is 29.7 Å². The number of nitrogens with one attached hydrogen (secondary N) is 2. The van der Waals surface area contributed by atoms with Gasteiger partial charge in [0.25, 0.3) is 0 Å². The summed E-state index contributed by atoms with van der Waals surface area (Å²) < 4.78 is 0. The van der Waals surface area contributed by atoms with E-state index in [1.54, 1.807) is 0 Å². The maximum Gasteiger partial charge on any atom is 0.315 e. The second-order valence-electron chi connectivity index (χ2n) is 5.37. The summed E-state index contributed by atoms with van der Waals surface area (Å²) in [5.41, 5.74) is 0. The number of unbranched alkanes of at least 4 members (excludes halogenated alkanes) is 1. The van der Waals surface area contributed by atoms with Crippen LogP contribution in [0.25, 0.3) is 0 Å². The van der Waals surface area contributed by atoms with Gasteiger partial charge in [-0.25, -0.2) is 4.79 Å². The zero-order valence-electron chi connectivity index (χ0n) is 12.4. The fourth-order valence-electron chi connectivity index (χ4n) is 1.90. The molecule has 2 amide bonds. The van der Waals surface area contributed by atoms with E-state index >= 15 is 0 Å². The molecule has 0 saturated carbocycles. The first-order valence-corrected chi connectivity index (χ1v) is 7.21. The van der Waals surface area contributed by atoms with Crippen LogP contribution in [0.2, 0.25) is 0 Å². The molecule has 19 heavy (non-hydrogen) atoms. The SMILES string of the molecule is CCCC(CC(=O)O)NC(=O)NCCCCC(C)C. The highest BCUT2D eigenvalue weighted by Gasteiger charge is 2.14. The van der Waals surface area contributed by atoms with Gasteiger partial charge in [-0.3, -0.25) is 4.79 Å². The van der Waals surface area contributed by atoms with Gasteiger partial charge in [0.1, 0.15) is 0 Å². The van der Waals surface area contributed by atoms with Crippen LogP contribution in [0, 0.1) is 5.92 Å². The smallest absolute Gasteiger partial charge is 0.315 e. The zero-order chi connectivity index (χ0) is 14.7. The minimum atomic E-state index is -0.879. The molecule has 0 heterocycles. The number of carboxylic acids is 1. The summed E-state index contributed by atoms with van der Waals surface area (Å²) >= 11 is 0. The summed E-state index contributed by atoms with van der Waals surface area (Å²) in [7, 11) is 0. The predicted molar refractivity (Wildman–Crippen MR) is 76.2 cm³/mol. The Morgan fingerprint density at radius 1 is 1.16 bits per heavy atom. The third-order valence-corrected chi connectivity index (χ3v) is 2.89. The van der Waals surface area contributed by atoms with E-state index in [4.69, 9.17) is 5.11 Å². The van der Waals surface area contributed by atoms with Gasteiger partial charge in [-0.2, -0.15) is 0 Å². The van der Waals surface area contributed by atoms with Crippen molar-refractivity contribution in [1.29, 1.82) is 0 Å². The van der Waals surface area contributed by atoms with E-state index in [1.807, 2.05) is 6.92 Å². The molecule has 0 aliphatic carbocycles. The summed E-state index contributed by atoms with van der Waals surface area (Å²) in [5.74, 6) is -0.186. The monoisotopic (exact) mass is 272 g/mol. The van der Waals surface area contributed by atoms with Gasteiger partial charge in [0, 0.05) is 12.6 Å². The maximum atomic E-state index is 11.6. The van der Waals surface area contributed by atoms with Crippen molar-refractivity contribution in [3.63, 3.8) is 0 Å². The Kier molecular flexibility index (Phi) is 9.94. The van der Waals surface area contributed by atoms with E-state index in [1.165, 1.54) is 6.42 Å². The average molecular weight is 272 g/mol. The Balaban J connectivity index is 3.77. The van der Waals surface area contributed by atoms with Crippen molar-refractivity contribution >= 4 is 12.0 Å². The highest BCUT2D eigenvalue weighted by atomic mass is 16.4. The average Bonchev–Trinajstić information content (AvgIpc) is 2.27. The fraction of sp³-hybridized carbons (Fsp3) is 0.857. The van der Waals surface area contributed by atoms with E-state index < -0.39 is 5.97 Å². The molecule has 0 rings (SSSR count). The molecule has 112 valence electrons. The number of hydrogen-bond donors (Lipinski definition) is 3. The number of hydrogen-bond acceptors (Lipinski definition) is 2. The lowest BCUT2D eigenvalue weighted by atomic mass is 10.1. The van der Waals surface area contributed by atoms with Crippen LogP contribution in [0.1, 0.15) is 59.3 Å². The standard InChI is InChI=1S/C14H28N2O3/c1-4-7-12(10-13(17)18)16-14(19)15-9-6-5-8-11(2)3/h11-12H,4-10H2,1-3H3,(H,17,18)(H2,15,16,19). The van der Waals surface area contributed by atoms with Gasteiger partial charge in [-0.1, -0.05) is 40.0 Å². The van der Waals surface area contributed by atoms with Crippen LogP contribution >= 0.6 is 0 Å². The van der Waals surface area contributed by atoms with Crippen LogP contribution in [0.15, 0.2) is 0 Å². The lowest BCUT2D eigenvalue weighted by Gasteiger charge is -2.16. The zero-order valence-corrected chi connectivity index (χ0v) is 12.4. The van der Waals surface area contributed by atoms with E-state index in [0.29, 0.717) is 18.9 Å². The summed E-state index contributed by atoms with van der Waals surface area (Å²) in [6.07, 6.45) is 4.75. The predicted octanol–water partition coefficient (Wildman–Crippen LogP) is 2.76. The van der Waals surface area contributed by atoms with Crippen LogP contribution in [0.4, 0.5) is 4.79 Å². The van der Waals surface area contributed by atoms with Crippen molar-refractivity contribution in [1.82, 2.24) is 10.6 Å². The topological polar surface area (TPSA) is 78.4 Å². The number of carboxylic acid groups (broad SMARTS) is 1. The molecule has 0 bridgehead atoms.